The maximum atomic E-state index is 13.2. The van der Waals surface area contributed by atoms with Gasteiger partial charge in [0.25, 0.3) is 0 Å². The van der Waals surface area contributed by atoms with Gasteiger partial charge in [0.15, 0.2) is 0 Å². The zero-order valence-corrected chi connectivity index (χ0v) is 13.1. The first-order valence-electron chi connectivity index (χ1n) is 7.86. The molecule has 2 aliphatic heterocycles. The molecular formula is C17H23FN2O2. The maximum absolute atomic E-state index is 13.2. The highest BCUT2D eigenvalue weighted by atomic mass is 19.1. The summed E-state index contributed by atoms with van der Waals surface area (Å²) >= 11 is 0. The predicted octanol–water partition coefficient (Wildman–Crippen LogP) is 2.73. The van der Waals surface area contributed by atoms with Crippen LogP contribution in [-0.2, 0) is 4.84 Å². The Balaban J connectivity index is 2.04. The molecular weight excluding hydrogens is 283 g/mol. The fourth-order valence-electron chi connectivity index (χ4n) is 3.78. The molecule has 2 saturated heterocycles. The third kappa shape index (κ3) is 2.71. The minimum Gasteiger partial charge on any atom is -0.374 e. The van der Waals surface area contributed by atoms with E-state index in [0.717, 1.165) is 42.8 Å². The zero-order valence-electron chi connectivity index (χ0n) is 13.1. The largest absolute Gasteiger partial charge is 0.374 e. The molecule has 2 bridgehead atoms. The van der Waals surface area contributed by atoms with Crippen LogP contribution < -0.4 is 5.48 Å². The summed E-state index contributed by atoms with van der Waals surface area (Å²) < 4.78 is 13.2. The first kappa shape index (κ1) is 15.3. The van der Waals surface area contributed by atoms with Gasteiger partial charge in [-0.15, -0.1) is 0 Å². The Hall–Kier alpha value is -1.59. The molecule has 2 fully saturated rings. The molecule has 2 heterocycles. The second-order valence-electron chi connectivity index (χ2n) is 6.10. The topological polar surface area (TPSA) is 44.7 Å². The Kier molecular flexibility index (Phi) is 4.36. The third-order valence-corrected chi connectivity index (χ3v) is 4.73. The van der Waals surface area contributed by atoms with Crippen LogP contribution in [0.15, 0.2) is 35.7 Å². The van der Waals surface area contributed by atoms with Crippen molar-refractivity contribution in [1.29, 1.82) is 0 Å². The monoisotopic (exact) mass is 306 g/mol. The quantitative estimate of drug-likeness (QED) is 0.840. The summed E-state index contributed by atoms with van der Waals surface area (Å²) in [4.78, 5) is 7.19. The van der Waals surface area contributed by atoms with E-state index in [4.69, 9.17) is 4.84 Å². The number of piperidine rings is 1. The lowest BCUT2D eigenvalue weighted by Crippen LogP contribution is -2.37. The fourth-order valence-corrected chi connectivity index (χ4v) is 3.78. The molecule has 1 aromatic rings. The number of fused-ring (bicyclic) bond motifs is 2. The van der Waals surface area contributed by atoms with E-state index in [-0.39, 0.29) is 11.7 Å². The third-order valence-electron chi connectivity index (χ3n) is 4.73. The van der Waals surface area contributed by atoms with E-state index in [1.807, 2.05) is 12.1 Å². The zero-order chi connectivity index (χ0) is 15.7. The van der Waals surface area contributed by atoms with E-state index in [1.165, 1.54) is 12.1 Å². The van der Waals surface area contributed by atoms with Crippen molar-refractivity contribution in [3.8, 4) is 0 Å². The van der Waals surface area contributed by atoms with E-state index in [9.17, 15) is 9.50 Å². The van der Waals surface area contributed by atoms with Crippen LogP contribution in [0.2, 0.25) is 0 Å². The summed E-state index contributed by atoms with van der Waals surface area (Å²) in [6.45, 7) is 2.94. The molecule has 2 N–H and O–H groups in total. The second-order valence-corrected chi connectivity index (χ2v) is 6.10. The number of hydroxylamine groups is 1. The van der Waals surface area contributed by atoms with Crippen molar-refractivity contribution in [2.45, 2.75) is 38.3 Å². The highest BCUT2D eigenvalue weighted by Gasteiger charge is 2.42. The number of rotatable bonds is 4. The summed E-state index contributed by atoms with van der Waals surface area (Å²) in [6.07, 6.45) is 2.12. The summed E-state index contributed by atoms with van der Waals surface area (Å²) in [6, 6.07) is 6.70. The molecule has 2 unspecified atom stereocenters. The van der Waals surface area contributed by atoms with Crippen LogP contribution in [0.25, 0.3) is 0 Å². The Morgan fingerprint density at radius 2 is 2.09 bits per heavy atom. The average molecular weight is 306 g/mol. The molecule has 0 aliphatic carbocycles. The van der Waals surface area contributed by atoms with Gasteiger partial charge in [-0.2, -0.15) is 0 Å². The smallest absolute Gasteiger partial charge is 0.127 e. The lowest BCUT2D eigenvalue weighted by atomic mass is 9.82. The van der Waals surface area contributed by atoms with Gasteiger partial charge in [0, 0.05) is 18.2 Å². The Bertz CT molecular complexity index is 558. The fraction of sp³-hybridized carbons (Fsp3) is 0.529. The summed E-state index contributed by atoms with van der Waals surface area (Å²) in [5.41, 5.74) is 6.12. The van der Waals surface area contributed by atoms with Crippen molar-refractivity contribution in [2.75, 3.05) is 13.7 Å². The highest BCUT2D eigenvalue weighted by molar-refractivity contribution is 5.34. The van der Waals surface area contributed by atoms with Crippen molar-refractivity contribution in [1.82, 2.24) is 10.4 Å². The van der Waals surface area contributed by atoms with Crippen LogP contribution in [-0.4, -0.2) is 29.9 Å². The van der Waals surface area contributed by atoms with Crippen molar-refractivity contribution >= 4 is 0 Å². The molecule has 22 heavy (non-hydrogen) atoms. The summed E-state index contributed by atoms with van der Waals surface area (Å²) in [7, 11) is 1.59. The number of halogens is 1. The number of aliphatic hydroxyl groups excluding tert-OH is 1. The van der Waals surface area contributed by atoms with Gasteiger partial charge in [0.1, 0.15) is 12.0 Å². The molecule has 3 atom stereocenters. The molecule has 120 valence electrons. The Morgan fingerprint density at radius 3 is 2.73 bits per heavy atom. The highest BCUT2D eigenvalue weighted by Crippen LogP contribution is 2.46. The molecule has 4 nitrogen and oxygen atoms in total. The van der Waals surface area contributed by atoms with Crippen molar-refractivity contribution < 1.29 is 14.3 Å². The average Bonchev–Trinajstić information content (AvgIpc) is 2.81. The minimum absolute atomic E-state index is 0.161. The molecule has 2 aliphatic rings. The SMILES string of the molecule is CCC(NOC)=C1[C@H](c2ccc(F)cc2)CC2CC(O)N1C2. The van der Waals surface area contributed by atoms with Crippen LogP contribution in [0.5, 0.6) is 0 Å². The van der Waals surface area contributed by atoms with Crippen LogP contribution in [0.3, 0.4) is 0 Å². The van der Waals surface area contributed by atoms with Gasteiger partial charge in [0.05, 0.1) is 12.8 Å². The van der Waals surface area contributed by atoms with Crippen LogP contribution in [0, 0.1) is 11.7 Å². The van der Waals surface area contributed by atoms with Gasteiger partial charge in [-0.3, -0.25) is 10.3 Å². The van der Waals surface area contributed by atoms with Gasteiger partial charge in [-0.05, 0) is 42.9 Å². The van der Waals surface area contributed by atoms with E-state index in [1.54, 1.807) is 7.11 Å². The van der Waals surface area contributed by atoms with E-state index >= 15 is 0 Å². The van der Waals surface area contributed by atoms with Crippen LogP contribution in [0.1, 0.15) is 37.7 Å². The van der Waals surface area contributed by atoms with Crippen molar-refractivity contribution in [2.24, 2.45) is 5.92 Å². The predicted molar refractivity (Wildman–Crippen MR) is 82.0 cm³/mol. The molecule has 0 spiro atoms. The lowest BCUT2D eigenvalue weighted by Gasteiger charge is -2.37. The first-order valence-corrected chi connectivity index (χ1v) is 7.86. The van der Waals surface area contributed by atoms with E-state index < -0.39 is 6.23 Å². The van der Waals surface area contributed by atoms with Gasteiger partial charge in [-0.1, -0.05) is 19.1 Å². The minimum atomic E-state index is -0.439. The van der Waals surface area contributed by atoms with E-state index in [2.05, 4.69) is 17.3 Å². The lowest BCUT2D eigenvalue weighted by molar-refractivity contribution is 0.0518. The number of allylic oxidation sites excluding steroid dienone is 2. The van der Waals surface area contributed by atoms with Crippen molar-refractivity contribution in [3.63, 3.8) is 0 Å². The standard InChI is InChI=1S/C17H23FN2O2/c1-3-15(19-22-2)17-14(12-4-6-13(18)7-5-12)8-11-9-16(21)20(17)10-11/h4-7,11,14,16,19,21H,3,8-10H2,1-2H3/t11?,14-,16?/m0/s1. The number of nitrogens with one attached hydrogen (secondary N) is 1. The number of hydrogen-bond donors (Lipinski definition) is 2. The molecule has 0 aromatic heterocycles. The van der Waals surface area contributed by atoms with Crippen LogP contribution >= 0.6 is 0 Å². The molecule has 0 saturated carbocycles. The van der Waals surface area contributed by atoms with Gasteiger partial charge < -0.3 is 10.0 Å². The maximum Gasteiger partial charge on any atom is 0.127 e. The molecule has 5 heteroatoms. The molecule has 0 amide bonds. The van der Waals surface area contributed by atoms with Crippen LogP contribution in [0.4, 0.5) is 4.39 Å². The normalized spacial score (nSPS) is 29.6. The second kappa shape index (κ2) is 6.26. The molecule has 0 radical (unpaired) electrons. The number of benzene rings is 1. The summed E-state index contributed by atoms with van der Waals surface area (Å²) in [5.74, 6) is 0.419. The van der Waals surface area contributed by atoms with E-state index in [0.29, 0.717) is 5.92 Å². The number of aliphatic hydroxyl groups is 1. The van der Waals surface area contributed by atoms with Gasteiger partial charge >= 0.3 is 0 Å². The summed E-state index contributed by atoms with van der Waals surface area (Å²) in [5, 5.41) is 10.4. The number of nitrogens with zero attached hydrogens (tertiary/aromatic N) is 1. The first-order chi connectivity index (χ1) is 10.6. The van der Waals surface area contributed by atoms with Gasteiger partial charge in [0.2, 0.25) is 0 Å². The van der Waals surface area contributed by atoms with Gasteiger partial charge in [-0.25, -0.2) is 4.39 Å². The van der Waals surface area contributed by atoms with Crippen molar-refractivity contribution in [3.05, 3.63) is 47.0 Å². The molecule has 3 rings (SSSR count). The Labute approximate surface area is 130 Å². The Morgan fingerprint density at radius 1 is 1.36 bits per heavy atom. The molecule has 1 aromatic carbocycles. The number of hydrogen-bond acceptors (Lipinski definition) is 4.